The van der Waals surface area contributed by atoms with Gasteiger partial charge in [-0.15, -0.1) is 12.4 Å². The number of rotatable bonds is 8. The van der Waals surface area contributed by atoms with Crippen LogP contribution in [0.5, 0.6) is 0 Å². The third-order valence-corrected chi connectivity index (χ3v) is 2.51. The lowest BCUT2D eigenvalue weighted by molar-refractivity contribution is -0.120. The molecule has 0 aliphatic carbocycles. The molecule has 21 heavy (non-hydrogen) atoms. The Bertz CT molecular complexity index is 455. The van der Waals surface area contributed by atoms with Gasteiger partial charge in [-0.2, -0.15) is 0 Å². The van der Waals surface area contributed by atoms with Crippen molar-refractivity contribution in [2.75, 3.05) is 32.1 Å². The number of nitrogens with one attached hydrogen (secondary N) is 3. The van der Waals surface area contributed by atoms with Gasteiger partial charge in [0.05, 0.1) is 13.2 Å². The Labute approximate surface area is 131 Å². The lowest BCUT2D eigenvalue weighted by atomic mass is 10.2. The number of amides is 2. The molecule has 0 fully saturated rings. The molecule has 0 aromatic heterocycles. The Morgan fingerprint density at radius 3 is 2.71 bits per heavy atom. The number of hydrogen-bond acceptors (Lipinski definition) is 4. The van der Waals surface area contributed by atoms with Crippen LogP contribution < -0.4 is 16.0 Å². The first-order valence-corrected chi connectivity index (χ1v) is 6.44. The molecule has 0 bridgehead atoms. The summed E-state index contributed by atoms with van der Waals surface area (Å²) in [6.07, 6.45) is 0. The molecule has 0 spiro atoms. The van der Waals surface area contributed by atoms with Crippen LogP contribution >= 0.6 is 12.4 Å². The number of ether oxygens (including phenoxy) is 1. The number of benzene rings is 1. The highest BCUT2D eigenvalue weighted by Gasteiger charge is 2.02. The van der Waals surface area contributed by atoms with E-state index in [1.165, 1.54) is 6.92 Å². The highest BCUT2D eigenvalue weighted by Crippen LogP contribution is 2.10. The van der Waals surface area contributed by atoms with Crippen molar-refractivity contribution in [1.82, 2.24) is 10.6 Å². The molecule has 0 atom stereocenters. The van der Waals surface area contributed by atoms with Gasteiger partial charge in [-0.05, 0) is 17.7 Å². The summed E-state index contributed by atoms with van der Waals surface area (Å²) < 4.78 is 4.87. The van der Waals surface area contributed by atoms with Crippen molar-refractivity contribution in [2.45, 2.75) is 13.5 Å². The van der Waals surface area contributed by atoms with Crippen molar-refractivity contribution >= 4 is 29.9 Å². The van der Waals surface area contributed by atoms with Crippen molar-refractivity contribution in [3.05, 3.63) is 29.8 Å². The minimum atomic E-state index is -0.117. The predicted octanol–water partition coefficient (Wildman–Crippen LogP) is 0.919. The summed E-state index contributed by atoms with van der Waals surface area (Å²) in [6, 6.07) is 7.37. The smallest absolute Gasteiger partial charge is 0.234 e. The van der Waals surface area contributed by atoms with Gasteiger partial charge in [0.25, 0.3) is 0 Å². The van der Waals surface area contributed by atoms with Crippen molar-refractivity contribution in [3.8, 4) is 0 Å². The van der Waals surface area contributed by atoms with E-state index in [9.17, 15) is 9.59 Å². The van der Waals surface area contributed by atoms with E-state index < -0.39 is 0 Å². The number of carbonyl (C=O) groups is 2. The molecular formula is C14H22ClN3O3. The van der Waals surface area contributed by atoms with E-state index in [1.54, 1.807) is 13.2 Å². The number of carbonyl (C=O) groups excluding carboxylic acids is 2. The molecule has 1 aromatic rings. The first-order chi connectivity index (χ1) is 9.61. The van der Waals surface area contributed by atoms with Crippen LogP contribution in [0.2, 0.25) is 0 Å². The Balaban J connectivity index is 0.00000400. The zero-order valence-corrected chi connectivity index (χ0v) is 13.1. The maximum atomic E-state index is 11.6. The lowest BCUT2D eigenvalue weighted by Gasteiger charge is -2.08. The van der Waals surface area contributed by atoms with Gasteiger partial charge in [-0.1, -0.05) is 12.1 Å². The van der Waals surface area contributed by atoms with Crippen LogP contribution in [0, 0.1) is 0 Å². The number of hydrogen-bond donors (Lipinski definition) is 3. The van der Waals surface area contributed by atoms with E-state index in [0.29, 0.717) is 19.7 Å². The largest absolute Gasteiger partial charge is 0.383 e. The second-order valence-electron chi connectivity index (χ2n) is 4.33. The van der Waals surface area contributed by atoms with Gasteiger partial charge in [0.15, 0.2) is 0 Å². The van der Waals surface area contributed by atoms with Crippen LogP contribution in [-0.2, 0) is 20.9 Å². The lowest BCUT2D eigenvalue weighted by Crippen LogP contribution is -2.34. The summed E-state index contributed by atoms with van der Waals surface area (Å²) in [7, 11) is 1.61. The average Bonchev–Trinajstić information content (AvgIpc) is 2.41. The zero-order chi connectivity index (χ0) is 14.8. The van der Waals surface area contributed by atoms with Crippen LogP contribution in [0.15, 0.2) is 24.3 Å². The molecule has 1 aromatic carbocycles. The normalized spacial score (nSPS) is 9.62. The summed E-state index contributed by atoms with van der Waals surface area (Å²) in [5.41, 5.74) is 1.66. The average molecular weight is 316 g/mol. The van der Waals surface area contributed by atoms with Gasteiger partial charge < -0.3 is 20.7 Å². The molecule has 7 heteroatoms. The molecule has 0 radical (unpaired) electrons. The van der Waals surface area contributed by atoms with E-state index in [1.807, 2.05) is 18.2 Å². The molecular weight excluding hydrogens is 294 g/mol. The first-order valence-electron chi connectivity index (χ1n) is 6.44. The van der Waals surface area contributed by atoms with Gasteiger partial charge in [0.2, 0.25) is 11.8 Å². The van der Waals surface area contributed by atoms with Gasteiger partial charge in [-0.25, -0.2) is 0 Å². The van der Waals surface area contributed by atoms with Gasteiger partial charge in [-0.3, -0.25) is 9.59 Å². The molecule has 0 aliphatic heterocycles. The van der Waals surface area contributed by atoms with E-state index in [4.69, 9.17) is 4.74 Å². The van der Waals surface area contributed by atoms with Gasteiger partial charge in [0.1, 0.15) is 0 Å². The molecule has 6 nitrogen and oxygen atoms in total. The highest BCUT2D eigenvalue weighted by atomic mass is 35.5. The van der Waals surface area contributed by atoms with E-state index in [0.717, 1.165) is 11.3 Å². The van der Waals surface area contributed by atoms with E-state index >= 15 is 0 Å². The predicted molar refractivity (Wildman–Crippen MR) is 84.6 cm³/mol. The van der Waals surface area contributed by atoms with Crippen LogP contribution in [0.3, 0.4) is 0 Å². The quantitative estimate of drug-likeness (QED) is 0.623. The Hall–Kier alpha value is -1.63. The molecule has 0 saturated heterocycles. The summed E-state index contributed by atoms with van der Waals surface area (Å²) in [5.74, 6) is -0.195. The van der Waals surface area contributed by atoms with Crippen molar-refractivity contribution in [3.63, 3.8) is 0 Å². The highest BCUT2D eigenvalue weighted by molar-refractivity contribution is 5.88. The molecule has 0 aliphatic rings. The molecule has 1 rings (SSSR count). The third kappa shape index (κ3) is 9.01. The summed E-state index contributed by atoms with van der Waals surface area (Å²) in [6.45, 7) is 3.36. The monoisotopic (exact) mass is 315 g/mol. The van der Waals surface area contributed by atoms with Crippen molar-refractivity contribution in [1.29, 1.82) is 0 Å². The Morgan fingerprint density at radius 1 is 1.29 bits per heavy atom. The first kappa shape index (κ1) is 19.4. The molecule has 0 unspecified atom stereocenters. The fraction of sp³-hybridized carbons (Fsp3) is 0.429. The number of halogens is 1. The molecule has 0 saturated carbocycles. The Kier molecular flexibility index (Phi) is 10.2. The van der Waals surface area contributed by atoms with Crippen LogP contribution in [0.1, 0.15) is 12.5 Å². The van der Waals surface area contributed by atoms with Crippen LogP contribution in [0.4, 0.5) is 5.69 Å². The van der Waals surface area contributed by atoms with E-state index in [-0.39, 0.29) is 30.8 Å². The second-order valence-corrected chi connectivity index (χ2v) is 4.33. The maximum Gasteiger partial charge on any atom is 0.234 e. The second kappa shape index (κ2) is 11.1. The van der Waals surface area contributed by atoms with Gasteiger partial charge in [0, 0.05) is 32.8 Å². The summed E-state index contributed by atoms with van der Waals surface area (Å²) >= 11 is 0. The molecule has 118 valence electrons. The summed E-state index contributed by atoms with van der Waals surface area (Å²) in [5, 5.41) is 8.47. The fourth-order valence-electron chi connectivity index (χ4n) is 1.60. The number of methoxy groups -OCH3 is 1. The van der Waals surface area contributed by atoms with Crippen molar-refractivity contribution < 1.29 is 14.3 Å². The SMILES string of the molecule is COCCNCC(=O)NCc1cccc(NC(C)=O)c1.Cl. The van der Waals surface area contributed by atoms with Gasteiger partial charge >= 0.3 is 0 Å². The standard InChI is InChI=1S/C14H21N3O3.ClH/c1-11(18)17-13-5-3-4-12(8-13)9-16-14(19)10-15-6-7-20-2;/h3-5,8,15H,6-7,9-10H2,1-2H3,(H,16,19)(H,17,18);1H. The van der Waals surface area contributed by atoms with Crippen molar-refractivity contribution in [2.24, 2.45) is 0 Å². The fourth-order valence-corrected chi connectivity index (χ4v) is 1.60. The molecule has 3 N–H and O–H groups in total. The summed E-state index contributed by atoms with van der Waals surface area (Å²) in [4.78, 5) is 22.5. The third-order valence-electron chi connectivity index (χ3n) is 2.51. The van der Waals surface area contributed by atoms with E-state index in [2.05, 4.69) is 16.0 Å². The van der Waals surface area contributed by atoms with Crippen LogP contribution in [0.25, 0.3) is 0 Å². The number of anilines is 1. The maximum absolute atomic E-state index is 11.6. The topological polar surface area (TPSA) is 79.5 Å². The molecule has 2 amide bonds. The van der Waals surface area contributed by atoms with Crippen LogP contribution in [-0.4, -0.2) is 38.6 Å². The molecule has 0 heterocycles. The minimum Gasteiger partial charge on any atom is -0.383 e. The minimum absolute atomic E-state index is 0. The Morgan fingerprint density at radius 2 is 2.05 bits per heavy atom. The zero-order valence-electron chi connectivity index (χ0n) is 12.3.